The highest BCUT2D eigenvalue weighted by Crippen LogP contribution is 2.27. The number of ether oxygens (including phenoxy) is 1. The lowest BCUT2D eigenvalue weighted by Crippen LogP contribution is -2.55. The summed E-state index contributed by atoms with van der Waals surface area (Å²) in [6, 6.07) is -3.22. The van der Waals surface area contributed by atoms with Gasteiger partial charge in [0.15, 0.2) is 11.6 Å². The first-order valence-electron chi connectivity index (χ1n) is 16.4. The predicted molar refractivity (Wildman–Crippen MR) is 172 cm³/mol. The van der Waals surface area contributed by atoms with E-state index in [1.807, 2.05) is 6.92 Å². The highest BCUT2D eigenvalue weighted by Gasteiger charge is 2.36. The van der Waals surface area contributed by atoms with Crippen LogP contribution in [-0.4, -0.2) is 77.6 Å². The van der Waals surface area contributed by atoms with Crippen molar-refractivity contribution in [3.63, 3.8) is 0 Å². The number of rotatable bonds is 16. The molecule has 0 aliphatic heterocycles. The Bertz CT molecular complexity index is 1040. The lowest BCUT2D eigenvalue weighted by Gasteiger charge is -2.30. The van der Waals surface area contributed by atoms with Gasteiger partial charge in [0.1, 0.15) is 11.8 Å². The second-order valence-corrected chi connectivity index (χ2v) is 15.3. The first-order chi connectivity index (χ1) is 20.6. The number of carbonyl (C=O) groups excluding carboxylic acids is 6. The summed E-state index contributed by atoms with van der Waals surface area (Å²) in [6.45, 7) is 17.6. The molecule has 1 saturated carbocycles. The zero-order chi connectivity index (χ0) is 34.8. The molecule has 0 bridgehead atoms. The lowest BCUT2D eigenvalue weighted by molar-refractivity contribution is -0.136. The molecule has 0 aromatic rings. The second-order valence-electron chi connectivity index (χ2n) is 15.3. The third kappa shape index (κ3) is 13.7. The molecule has 11 nitrogen and oxygen atoms in total. The highest BCUT2D eigenvalue weighted by molar-refractivity contribution is 5.96. The zero-order valence-corrected chi connectivity index (χ0v) is 29.3. The number of nitrogens with one attached hydrogen (secondary N) is 3. The first-order valence-corrected chi connectivity index (χ1v) is 16.4. The summed E-state index contributed by atoms with van der Waals surface area (Å²) in [4.78, 5) is 78.2. The number of hydrogen-bond acceptors (Lipinski definition) is 8. The summed E-state index contributed by atoms with van der Waals surface area (Å²) in [5.41, 5.74) is -2.19. The Kier molecular flexibility index (Phi) is 15.5. The molecule has 1 fully saturated rings. The SMILES string of the molecule is CCOC1CCC(C(=O)N[C@H](CO)C(=O)NC(CCC(=O)NC(CCC(=O)C(C)(C)C)C(=O)C(C)(C)C)C(=O)C(C)(C)C)CC1. The van der Waals surface area contributed by atoms with Gasteiger partial charge in [-0.1, -0.05) is 62.3 Å². The average Bonchev–Trinajstić information content (AvgIpc) is 2.93. The molecule has 4 N–H and O–H groups in total. The third-order valence-electron chi connectivity index (χ3n) is 8.18. The largest absolute Gasteiger partial charge is 0.394 e. The minimum atomic E-state index is -1.26. The van der Waals surface area contributed by atoms with Crippen LogP contribution < -0.4 is 16.0 Å². The predicted octanol–water partition coefficient (Wildman–Crippen LogP) is 3.43. The fourth-order valence-corrected chi connectivity index (χ4v) is 5.26. The van der Waals surface area contributed by atoms with Crippen molar-refractivity contribution < 1.29 is 38.6 Å². The van der Waals surface area contributed by atoms with Gasteiger partial charge in [0.25, 0.3) is 0 Å². The zero-order valence-electron chi connectivity index (χ0n) is 29.3. The van der Waals surface area contributed by atoms with Gasteiger partial charge >= 0.3 is 0 Å². The van der Waals surface area contributed by atoms with Crippen LogP contribution in [0, 0.1) is 22.2 Å². The molecular weight excluding hydrogens is 578 g/mol. The topological polar surface area (TPSA) is 168 Å². The van der Waals surface area contributed by atoms with Crippen LogP contribution in [0.1, 0.15) is 121 Å². The maximum Gasteiger partial charge on any atom is 0.245 e. The maximum atomic E-state index is 13.3. The molecule has 1 aliphatic rings. The van der Waals surface area contributed by atoms with E-state index in [2.05, 4.69) is 16.0 Å². The van der Waals surface area contributed by atoms with Gasteiger partial charge in [-0.3, -0.25) is 28.8 Å². The standard InChI is InChI=1S/C34H59N3O8/c1-11-45-22-14-12-21(13-15-22)30(43)37-25(20-38)31(44)36-24(29(42)34(8,9)10)17-19-27(40)35-23(28(41)33(5,6)7)16-18-26(39)32(2,3)4/h21-25,38H,11-20H2,1-10H3,(H,35,40)(H,36,44)(H,37,43)/t21?,22?,23?,24?,25-/m1/s1. The first kappa shape index (κ1) is 40.4. The van der Waals surface area contributed by atoms with Crippen LogP contribution in [0.4, 0.5) is 0 Å². The van der Waals surface area contributed by atoms with Gasteiger partial charge in [-0.05, 0) is 45.4 Å². The van der Waals surface area contributed by atoms with Crippen LogP contribution in [0.15, 0.2) is 0 Å². The van der Waals surface area contributed by atoms with Crippen LogP contribution >= 0.6 is 0 Å². The van der Waals surface area contributed by atoms with Crippen molar-refractivity contribution in [3.05, 3.63) is 0 Å². The van der Waals surface area contributed by atoms with Gasteiger partial charge in [0.05, 0.1) is 24.8 Å². The molecule has 11 heteroatoms. The molecule has 45 heavy (non-hydrogen) atoms. The van der Waals surface area contributed by atoms with E-state index >= 15 is 0 Å². The summed E-state index contributed by atoms with van der Waals surface area (Å²) in [6.07, 6.45) is 2.86. The molecule has 3 amide bonds. The molecule has 0 aromatic carbocycles. The molecule has 0 radical (unpaired) electrons. The van der Waals surface area contributed by atoms with Crippen molar-refractivity contribution >= 4 is 35.1 Å². The third-order valence-corrected chi connectivity index (χ3v) is 8.18. The van der Waals surface area contributed by atoms with Crippen molar-refractivity contribution in [2.75, 3.05) is 13.2 Å². The van der Waals surface area contributed by atoms with Gasteiger partial charge in [0.2, 0.25) is 17.7 Å². The van der Waals surface area contributed by atoms with Gasteiger partial charge < -0.3 is 25.8 Å². The molecule has 258 valence electrons. The van der Waals surface area contributed by atoms with Gasteiger partial charge in [-0.15, -0.1) is 0 Å². The van der Waals surface area contributed by atoms with Crippen LogP contribution in [0.2, 0.25) is 0 Å². The fourth-order valence-electron chi connectivity index (χ4n) is 5.26. The Morgan fingerprint density at radius 1 is 0.689 bits per heavy atom. The number of Topliss-reactive ketones (excluding diaryl/α,β-unsaturated/α-hetero) is 3. The van der Waals surface area contributed by atoms with Crippen LogP contribution in [-0.2, 0) is 33.5 Å². The van der Waals surface area contributed by atoms with Gasteiger partial charge in [-0.2, -0.15) is 0 Å². The van der Waals surface area contributed by atoms with Gasteiger partial charge in [0, 0.05) is 41.6 Å². The molecule has 3 atom stereocenters. The fraction of sp³-hybridized carbons (Fsp3) is 0.824. The number of ketones is 3. The normalized spacial score (nSPS) is 19.5. The second kappa shape index (κ2) is 17.3. The lowest BCUT2D eigenvalue weighted by atomic mass is 9.82. The summed E-state index contributed by atoms with van der Waals surface area (Å²) in [5, 5.41) is 18.0. The summed E-state index contributed by atoms with van der Waals surface area (Å²) >= 11 is 0. The van der Waals surface area contributed by atoms with Crippen molar-refractivity contribution in [2.24, 2.45) is 22.2 Å². The quantitative estimate of drug-likeness (QED) is 0.200. The van der Waals surface area contributed by atoms with E-state index in [1.165, 1.54) is 0 Å². The van der Waals surface area contributed by atoms with E-state index in [4.69, 9.17) is 4.74 Å². The molecule has 0 aromatic heterocycles. The van der Waals surface area contributed by atoms with E-state index < -0.39 is 52.8 Å². The average molecular weight is 638 g/mol. The van der Waals surface area contributed by atoms with Crippen molar-refractivity contribution in [1.82, 2.24) is 16.0 Å². The minimum absolute atomic E-state index is 0.0225. The minimum Gasteiger partial charge on any atom is -0.394 e. The van der Waals surface area contributed by atoms with Crippen LogP contribution in [0.3, 0.4) is 0 Å². The molecule has 0 heterocycles. The molecule has 2 unspecified atom stereocenters. The number of carbonyl (C=O) groups is 6. The number of hydrogen-bond donors (Lipinski definition) is 4. The van der Waals surface area contributed by atoms with E-state index in [0.29, 0.717) is 19.4 Å². The van der Waals surface area contributed by atoms with Crippen LogP contribution in [0.25, 0.3) is 0 Å². The Balaban J connectivity index is 2.95. The van der Waals surface area contributed by atoms with Crippen molar-refractivity contribution in [3.8, 4) is 0 Å². The van der Waals surface area contributed by atoms with Crippen molar-refractivity contribution in [1.29, 1.82) is 0 Å². The molecular formula is C34H59N3O8. The Labute approximate surface area is 269 Å². The smallest absolute Gasteiger partial charge is 0.245 e. The summed E-state index contributed by atoms with van der Waals surface area (Å²) in [5.74, 6) is -2.40. The highest BCUT2D eigenvalue weighted by atomic mass is 16.5. The summed E-state index contributed by atoms with van der Waals surface area (Å²) in [7, 11) is 0. The van der Waals surface area contributed by atoms with E-state index in [0.717, 1.165) is 12.8 Å². The number of aliphatic hydroxyl groups excluding tert-OH is 1. The maximum absolute atomic E-state index is 13.3. The number of amides is 3. The van der Waals surface area contributed by atoms with E-state index in [1.54, 1.807) is 62.3 Å². The van der Waals surface area contributed by atoms with E-state index in [-0.39, 0.29) is 61.0 Å². The Hall–Kier alpha value is -2.66. The number of aliphatic hydroxyl groups is 1. The Morgan fingerprint density at radius 2 is 1.18 bits per heavy atom. The van der Waals surface area contributed by atoms with Crippen molar-refractivity contribution in [2.45, 2.75) is 145 Å². The van der Waals surface area contributed by atoms with Gasteiger partial charge in [-0.25, -0.2) is 0 Å². The summed E-state index contributed by atoms with van der Waals surface area (Å²) < 4.78 is 5.64. The monoisotopic (exact) mass is 637 g/mol. The molecule has 0 saturated heterocycles. The van der Waals surface area contributed by atoms with Crippen LogP contribution in [0.5, 0.6) is 0 Å². The Morgan fingerprint density at radius 3 is 1.62 bits per heavy atom. The molecule has 1 aliphatic carbocycles. The molecule has 0 spiro atoms. The molecule has 1 rings (SSSR count). The van der Waals surface area contributed by atoms with E-state index in [9.17, 15) is 33.9 Å².